The monoisotopic (exact) mass is 231 g/mol. The van der Waals surface area contributed by atoms with Crippen LogP contribution >= 0.6 is 11.8 Å². The van der Waals surface area contributed by atoms with Gasteiger partial charge in [0.05, 0.1) is 0 Å². The Hall–Kier alpha value is 0.270. The van der Waals surface area contributed by atoms with E-state index in [1.807, 2.05) is 11.8 Å². The number of hydrogen-bond donors (Lipinski definition) is 1. The molecule has 1 atom stereocenters. The molecule has 3 heteroatoms. The van der Waals surface area contributed by atoms with Gasteiger partial charge in [-0.3, -0.25) is 0 Å². The number of ether oxygens (including phenoxy) is 1. The molecule has 15 heavy (non-hydrogen) atoms. The molecule has 2 nitrogen and oxygen atoms in total. The van der Waals surface area contributed by atoms with Crippen LogP contribution in [0, 0.1) is 11.3 Å². The van der Waals surface area contributed by atoms with Crippen molar-refractivity contribution in [3.63, 3.8) is 0 Å². The van der Waals surface area contributed by atoms with E-state index in [9.17, 15) is 0 Å². The molecule has 0 aromatic carbocycles. The summed E-state index contributed by atoms with van der Waals surface area (Å²) in [6.45, 7) is 8.88. The van der Waals surface area contributed by atoms with Crippen LogP contribution in [0.4, 0.5) is 0 Å². The molecule has 0 spiro atoms. The topological polar surface area (TPSA) is 21.3 Å². The predicted molar refractivity (Wildman–Crippen MR) is 68.6 cm³/mol. The zero-order chi connectivity index (χ0) is 11.1. The molecule has 0 aromatic rings. The molecule has 90 valence electrons. The van der Waals surface area contributed by atoms with Crippen molar-refractivity contribution < 1.29 is 4.74 Å². The number of rotatable bonds is 6. The van der Waals surface area contributed by atoms with Crippen LogP contribution in [0.3, 0.4) is 0 Å². The molecule has 1 fully saturated rings. The molecule has 1 unspecified atom stereocenters. The zero-order valence-electron chi connectivity index (χ0n) is 10.3. The fourth-order valence-corrected chi connectivity index (χ4v) is 2.69. The second-order valence-electron chi connectivity index (χ2n) is 5.11. The summed E-state index contributed by atoms with van der Waals surface area (Å²) in [5.41, 5.74) is 0.470. The van der Waals surface area contributed by atoms with Crippen molar-refractivity contribution in [2.75, 3.05) is 38.3 Å². The molecular formula is C12H25NOS. The average molecular weight is 231 g/mol. The van der Waals surface area contributed by atoms with E-state index in [-0.39, 0.29) is 0 Å². The molecule has 1 rings (SSSR count). The largest absolute Gasteiger partial charge is 0.381 e. The van der Waals surface area contributed by atoms with Gasteiger partial charge in [-0.2, -0.15) is 11.8 Å². The summed E-state index contributed by atoms with van der Waals surface area (Å²) in [7, 11) is 0. The predicted octanol–water partition coefficient (Wildman–Crippen LogP) is 2.39. The van der Waals surface area contributed by atoms with Crippen LogP contribution in [-0.4, -0.2) is 38.3 Å². The first-order valence-corrected chi connectivity index (χ1v) is 7.33. The first-order chi connectivity index (χ1) is 7.16. The van der Waals surface area contributed by atoms with Gasteiger partial charge < -0.3 is 10.1 Å². The molecule has 1 heterocycles. The lowest BCUT2D eigenvalue weighted by Crippen LogP contribution is -2.38. The fraction of sp³-hybridized carbons (Fsp3) is 1.00. The molecule has 1 aliphatic rings. The van der Waals surface area contributed by atoms with Crippen LogP contribution < -0.4 is 5.32 Å². The highest BCUT2D eigenvalue weighted by atomic mass is 32.2. The van der Waals surface area contributed by atoms with E-state index in [0.29, 0.717) is 5.41 Å². The molecule has 0 aromatic heterocycles. The number of nitrogens with one attached hydrogen (secondary N) is 1. The highest BCUT2D eigenvalue weighted by Crippen LogP contribution is 2.28. The Balaban J connectivity index is 2.12. The van der Waals surface area contributed by atoms with E-state index >= 15 is 0 Å². The molecule has 0 amide bonds. The van der Waals surface area contributed by atoms with Crippen molar-refractivity contribution >= 4 is 11.8 Å². The first-order valence-electron chi connectivity index (χ1n) is 5.94. The van der Waals surface area contributed by atoms with Gasteiger partial charge in [0.2, 0.25) is 0 Å². The highest BCUT2D eigenvalue weighted by Gasteiger charge is 2.26. The van der Waals surface area contributed by atoms with Gasteiger partial charge in [-0.05, 0) is 42.7 Å². The zero-order valence-corrected chi connectivity index (χ0v) is 11.2. The quantitative estimate of drug-likeness (QED) is 0.758. The summed E-state index contributed by atoms with van der Waals surface area (Å²) in [5, 5.41) is 3.61. The lowest BCUT2D eigenvalue weighted by Gasteiger charge is -2.34. The number of hydrogen-bond acceptors (Lipinski definition) is 3. The molecular weight excluding hydrogens is 206 g/mol. The van der Waals surface area contributed by atoms with Crippen molar-refractivity contribution in [1.29, 1.82) is 0 Å². The molecule has 0 bridgehead atoms. The van der Waals surface area contributed by atoms with Crippen molar-refractivity contribution in [2.24, 2.45) is 11.3 Å². The van der Waals surface area contributed by atoms with E-state index in [1.54, 1.807) is 0 Å². The lowest BCUT2D eigenvalue weighted by molar-refractivity contribution is 0.0239. The fourth-order valence-electron chi connectivity index (χ4n) is 2.00. The summed E-state index contributed by atoms with van der Waals surface area (Å²) in [6, 6.07) is 0. The molecule has 1 saturated heterocycles. The summed E-state index contributed by atoms with van der Waals surface area (Å²) < 4.78 is 5.40. The van der Waals surface area contributed by atoms with Crippen LogP contribution in [0.1, 0.15) is 26.7 Å². The minimum atomic E-state index is 0.470. The van der Waals surface area contributed by atoms with Gasteiger partial charge in [-0.1, -0.05) is 13.8 Å². The second kappa shape index (κ2) is 6.77. The third-order valence-corrected chi connectivity index (χ3v) is 4.10. The van der Waals surface area contributed by atoms with Crippen LogP contribution in [0.5, 0.6) is 0 Å². The van der Waals surface area contributed by atoms with Gasteiger partial charge in [-0.25, -0.2) is 0 Å². The Morgan fingerprint density at radius 1 is 1.40 bits per heavy atom. The van der Waals surface area contributed by atoms with E-state index in [4.69, 9.17) is 4.74 Å². The smallest absolute Gasteiger partial charge is 0.0471 e. The van der Waals surface area contributed by atoms with Gasteiger partial charge in [0, 0.05) is 19.8 Å². The highest BCUT2D eigenvalue weighted by molar-refractivity contribution is 7.98. The summed E-state index contributed by atoms with van der Waals surface area (Å²) in [5.74, 6) is 2.04. The molecule has 1 aliphatic heterocycles. The SMILES string of the molecule is CSCC(C)CNCC1(C)CCOCC1. The van der Waals surface area contributed by atoms with Gasteiger partial charge in [0.25, 0.3) is 0 Å². The van der Waals surface area contributed by atoms with E-state index < -0.39 is 0 Å². The lowest BCUT2D eigenvalue weighted by atomic mass is 9.82. The van der Waals surface area contributed by atoms with Gasteiger partial charge in [0.15, 0.2) is 0 Å². The minimum Gasteiger partial charge on any atom is -0.381 e. The van der Waals surface area contributed by atoms with Crippen molar-refractivity contribution in [3.8, 4) is 0 Å². The molecule has 0 radical (unpaired) electrons. The maximum absolute atomic E-state index is 5.40. The Bertz CT molecular complexity index is 169. The standard InChI is InChI=1S/C12H25NOS/c1-11(9-15-3)8-13-10-12(2)4-6-14-7-5-12/h11,13H,4-10H2,1-3H3. The van der Waals surface area contributed by atoms with E-state index in [1.165, 1.54) is 18.6 Å². The van der Waals surface area contributed by atoms with Crippen LogP contribution in [0.15, 0.2) is 0 Å². The van der Waals surface area contributed by atoms with E-state index in [0.717, 1.165) is 32.2 Å². The molecule has 0 saturated carbocycles. The van der Waals surface area contributed by atoms with Crippen molar-refractivity contribution in [2.45, 2.75) is 26.7 Å². The van der Waals surface area contributed by atoms with Crippen LogP contribution in [0.25, 0.3) is 0 Å². The maximum atomic E-state index is 5.40. The van der Waals surface area contributed by atoms with Gasteiger partial charge in [0.1, 0.15) is 0 Å². The maximum Gasteiger partial charge on any atom is 0.0471 e. The number of thioether (sulfide) groups is 1. The minimum absolute atomic E-state index is 0.470. The van der Waals surface area contributed by atoms with Crippen LogP contribution in [-0.2, 0) is 4.74 Å². The summed E-state index contributed by atoms with van der Waals surface area (Å²) in [4.78, 5) is 0. The third kappa shape index (κ3) is 5.23. The molecule has 0 aliphatic carbocycles. The molecule has 1 N–H and O–H groups in total. The Kier molecular flexibility index (Phi) is 6.02. The Morgan fingerprint density at radius 2 is 2.07 bits per heavy atom. The third-order valence-electron chi connectivity index (χ3n) is 3.20. The Morgan fingerprint density at radius 3 is 2.67 bits per heavy atom. The van der Waals surface area contributed by atoms with Gasteiger partial charge >= 0.3 is 0 Å². The second-order valence-corrected chi connectivity index (χ2v) is 6.03. The van der Waals surface area contributed by atoms with E-state index in [2.05, 4.69) is 25.4 Å². The summed E-state index contributed by atoms with van der Waals surface area (Å²) in [6.07, 6.45) is 4.59. The summed E-state index contributed by atoms with van der Waals surface area (Å²) >= 11 is 1.93. The van der Waals surface area contributed by atoms with Gasteiger partial charge in [-0.15, -0.1) is 0 Å². The Labute approximate surface area is 98.5 Å². The average Bonchev–Trinajstić information content (AvgIpc) is 2.19. The normalized spacial score (nSPS) is 22.6. The van der Waals surface area contributed by atoms with Crippen molar-refractivity contribution in [3.05, 3.63) is 0 Å². The first kappa shape index (κ1) is 13.3. The van der Waals surface area contributed by atoms with Crippen LogP contribution in [0.2, 0.25) is 0 Å². The van der Waals surface area contributed by atoms with Crippen molar-refractivity contribution in [1.82, 2.24) is 5.32 Å².